The Kier molecular flexibility index (Phi) is 5.74. The van der Waals surface area contributed by atoms with Crippen LogP contribution in [-0.4, -0.2) is 61.7 Å². The van der Waals surface area contributed by atoms with E-state index in [1.54, 1.807) is 6.92 Å². The Balaban J connectivity index is 1.83. The van der Waals surface area contributed by atoms with Crippen LogP contribution in [0, 0.1) is 6.92 Å². The molecule has 7 nitrogen and oxygen atoms in total. The fourth-order valence-corrected chi connectivity index (χ4v) is 3.76. The van der Waals surface area contributed by atoms with Gasteiger partial charge in [0.25, 0.3) is 10.0 Å². The Bertz CT molecular complexity index is 535. The maximum atomic E-state index is 12.4. The second-order valence-corrected chi connectivity index (χ2v) is 6.91. The zero-order valence-electron chi connectivity index (χ0n) is 12.5. The van der Waals surface area contributed by atoms with E-state index in [9.17, 15) is 8.42 Å². The van der Waals surface area contributed by atoms with Gasteiger partial charge < -0.3 is 14.5 Å². The molecule has 1 saturated heterocycles. The number of nitrogens with zero attached hydrogens (tertiary/aromatic N) is 2. The summed E-state index contributed by atoms with van der Waals surface area (Å²) in [6.07, 6.45) is 2.90. The van der Waals surface area contributed by atoms with Gasteiger partial charge in [-0.3, -0.25) is 0 Å². The Morgan fingerprint density at radius 3 is 2.67 bits per heavy atom. The third kappa shape index (κ3) is 4.26. The van der Waals surface area contributed by atoms with Crippen LogP contribution in [0.4, 0.5) is 0 Å². The molecule has 0 aromatic carbocycles. The lowest BCUT2D eigenvalue weighted by Gasteiger charge is -2.30. The summed E-state index contributed by atoms with van der Waals surface area (Å²) in [5.74, 6) is 0.600. The lowest BCUT2D eigenvalue weighted by molar-refractivity contribution is -0.0121. The summed E-state index contributed by atoms with van der Waals surface area (Å²) >= 11 is 0. The Morgan fingerprint density at radius 1 is 1.38 bits per heavy atom. The summed E-state index contributed by atoms with van der Waals surface area (Å²) in [4.78, 5) is 6.74. The normalized spacial score (nSPS) is 18.2. The maximum Gasteiger partial charge on any atom is 0.260 e. The van der Waals surface area contributed by atoms with Crippen molar-refractivity contribution in [1.82, 2.24) is 14.3 Å². The van der Waals surface area contributed by atoms with Crippen molar-refractivity contribution in [2.75, 3.05) is 32.9 Å². The number of imidazole rings is 1. The number of aryl methyl sites for hydroxylation is 1. The van der Waals surface area contributed by atoms with Crippen LogP contribution >= 0.6 is 0 Å². The largest absolute Gasteiger partial charge is 0.379 e. The quantitative estimate of drug-likeness (QED) is 0.756. The SMILES string of the molecule is CCOCCOC1CCN(S(=O)(=O)c2cnc(C)[nH]2)CC1. The van der Waals surface area contributed by atoms with E-state index in [1.165, 1.54) is 10.5 Å². The van der Waals surface area contributed by atoms with Crippen molar-refractivity contribution in [2.45, 2.75) is 37.8 Å². The number of ether oxygens (including phenoxy) is 2. The van der Waals surface area contributed by atoms with Crippen molar-refractivity contribution < 1.29 is 17.9 Å². The molecule has 1 N–H and O–H groups in total. The van der Waals surface area contributed by atoms with Crippen LogP contribution in [0.1, 0.15) is 25.6 Å². The molecule has 0 atom stereocenters. The van der Waals surface area contributed by atoms with Gasteiger partial charge in [-0.25, -0.2) is 13.4 Å². The predicted octanol–water partition coefficient (Wildman–Crippen LogP) is 0.924. The second-order valence-electron chi connectivity index (χ2n) is 5.00. The number of hydrogen-bond acceptors (Lipinski definition) is 5. The number of sulfonamides is 1. The molecule has 0 unspecified atom stereocenters. The molecule has 1 aliphatic heterocycles. The highest BCUT2D eigenvalue weighted by Crippen LogP contribution is 2.20. The molecule has 1 fully saturated rings. The summed E-state index contributed by atoms with van der Waals surface area (Å²) in [7, 11) is -3.46. The number of rotatable bonds is 7. The highest BCUT2D eigenvalue weighted by molar-refractivity contribution is 7.89. The van der Waals surface area contributed by atoms with Gasteiger partial charge in [0, 0.05) is 19.7 Å². The average Bonchev–Trinajstić information content (AvgIpc) is 2.91. The lowest BCUT2D eigenvalue weighted by atomic mass is 10.1. The van der Waals surface area contributed by atoms with Gasteiger partial charge in [-0.2, -0.15) is 4.31 Å². The van der Waals surface area contributed by atoms with Crippen LogP contribution in [0.2, 0.25) is 0 Å². The Hall–Kier alpha value is -0.960. The molecule has 0 spiro atoms. The van der Waals surface area contributed by atoms with Crippen molar-refractivity contribution in [1.29, 1.82) is 0 Å². The van der Waals surface area contributed by atoms with E-state index in [4.69, 9.17) is 9.47 Å². The fraction of sp³-hybridized carbons (Fsp3) is 0.769. The molecule has 2 rings (SSSR count). The van der Waals surface area contributed by atoms with Crippen LogP contribution in [0.25, 0.3) is 0 Å². The van der Waals surface area contributed by atoms with Crippen LogP contribution < -0.4 is 0 Å². The summed E-state index contributed by atoms with van der Waals surface area (Å²) < 4.78 is 37.2. The molecule has 0 radical (unpaired) electrons. The van der Waals surface area contributed by atoms with E-state index < -0.39 is 10.0 Å². The first-order chi connectivity index (χ1) is 10.0. The Labute approximate surface area is 125 Å². The summed E-state index contributed by atoms with van der Waals surface area (Å²) in [6, 6.07) is 0. The molecular weight excluding hydrogens is 294 g/mol. The summed E-state index contributed by atoms with van der Waals surface area (Å²) in [5, 5.41) is 0.163. The van der Waals surface area contributed by atoms with E-state index in [1.807, 2.05) is 6.92 Å². The standard InChI is InChI=1S/C13H23N3O4S/c1-3-19-8-9-20-12-4-6-16(7-5-12)21(17,18)13-10-14-11(2)15-13/h10,12H,3-9H2,1-2H3,(H,14,15). The molecule has 1 aromatic heterocycles. The van der Waals surface area contributed by atoms with Crippen molar-refractivity contribution in [3.05, 3.63) is 12.0 Å². The maximum absolute atomic E-state index is 12.4. The van der Waals surface area contributed by atoms with E-state index in [0.29, 0.717) is 51.6 Å². The highest BCUT2D eigenvalue weighted by atomic mass is 32.2. The van der Waals surface area contributed by atoms with E-state index in [0.717, 1.165) is 0 Å². The lowest BCUT2D eigenvalue weighted by Crippen LogP contribution is -2.41. The van der Waals surface area contributed by atoms with Crippen LogP contribution in [-0.2, 0) is 19.5 Å². The number of nitrogens with one attached hydrogen (secondary N) is 1. The number of piperidine rings is 1. The smallest absolute Gasteiger partial charge is 0.260 e. The van der Waals surface area contributed by atoms with Gasteiger partial charge >= 0.3 is 0 Å². The minimum Gasteiger partial charge on any atom is -0.379 e. The molecule has 8 heteroatoms. The third-order valence-electron chi connectivity index (χ3n) is 3.48. The highest BCUT2D eigenvalue weighted by Gasteiger charge is 2.30. The van der Waals surface area contributed by atoms with E-state index in [-0.39, 0.29) is 11.1 Å². The predicted molar refractivity (Wildman–Crippen MR) is 77.6 cm³/mol. The van der Waals surface area contributed by atoms with Crippen molar-refractivity contribution >= 4 is 10.0 Å². The minimum atomic E-state index is -3.46. The molecule has 0 saturated carbocycles. The average molecular weight is 317 g/mol. The molecule has 1 aliphatic rings. The summed E-state index contributed by atoms with van der Waals surface area (Å²) in [5.41, 5.74) is 0. The van der Waals surface area contributed by atoms with Gasteiger partial charge in [-0.05, 0) is 26.7 Å². The molecular formula is C13H23N3O4S. The molecule has 1 aromatic rings. The zero-order chi connectivity index (χ0) is 15.3. The first kappa shape index (κ1) is 16.4. The number of hydrogen-bond donors (Lipinski definition) is 1. The molecule has 2 heterocycles. The van der Waals surface area contributed by atoms with E-state index in [2.05, 4.69) is 9.97 Å². The first-order valence-corrected chi connectivity index (χ1v) is 8.69. The Morgan fingerprint density at radius 2 is 2.10 bits per heavy atom. The first-order valence-electron chi connectivity index (χ1n) is 7.25. The minimum absolute atomic E-state index is 0.111. The van der Waals surface area contributed by atoms with Crippen molar-refractivity contribution in [3.8, 4) is 0 Å². The monoisotopic (exact) mass is 317 g/mol. The number of aromatic nitrogens is 2. The molecule has 21 heavy (non-hydrogen) atoms. The van der Waals surface area contributed by atoms with E-state index >= 15 is 0 Å². The van der Waals surface area contributed by atoms with Gasteiger partial charge in [-0.1, -0.05) is 0 Å². The van der Waals surface area contributed by atoms with Gasteiger partial charge in [0.05, 0.1) is 25.5 Å². The molecule has 0 aliphatic carbocycles. The molecule has 120 valence electrons. The third-order valence-corrected chi connectivity index (χ3v) is 5.29. The van der Waals surface area contributed by atoms with Gasteiger partial charge in [-0.15, -0.1) is 0 Å². The second kappa shape index (κ2) is 7.35. The van der Waals surface area contributed by atoms with Gasteiger partial charge in [0.2, 0.25) is 0 Å². The van der Waals surface area contributed by atoms with Crippen LogP contribution in [0.15, 0.2) is 11.2 Å². The number of H-pyrrole nitrogens is 1. The fourth-order valence-electron chi connectivity index (χ4n) is 2.33. The zero-order valence-corrected chi connectivity index (χ0v) is 13.4. The number of aromatic amines is 1. The van der Waals surface area contributed by atoms with Crippen molar-refractivity contribution in [2.24, 2.45) is 0 Å². The topological polar surface area (TPSA) is 84.5 Å². The van der Waals surface area contributed by atoms with Gasteiger partial charge in [0.1, 0.15) is 5.82 Å². The molecule has 0 bridgehead atoms. The molecule has 0 amide bonds. The van der Waals surface area contributed by atoms with Crippen molar-refractivity contribution in [3.63, 3.8) is 0 Å². The van der Waals surface area contributed by atoms with Crippen LogP contribution in [0.3, 0.4) is 0 Å². The van der Waals surface area contributed by atoms with Gasteiger partial charge in [0.15, 0.2) is 5.03 Å². The summed E-state index contributed by atoms with van der Waals surface area (Å²) in [6.45, 7) is 6.45. The van der Waals surface area contributed by atoms with Crippen LogP contribution in [0.5, 0.6) is 0 Å².